The molecule has 0 saturated carbocycles. The molecule has 2 aliphatic carbocycles. The number of benzene rings is 2. The molecular weight excluding hydrogens is 348 g/mol. The van der Waals surface area contributed by atoms with Gasteiger partial charge in [0.15, 0.2) is 0 Å². The summed E-state index contributed by atoms with van der Waals surface area (Å²) in [6, 6.07) is 20.0. The third kappa shape index (κ3) is 2.47. The molecule has 0 radical (unpaired) electrons. The first-order chi connectivity index (χ1) is 11.9. The van der Waals surface area contributed by atoms with E-state index in [9.17, 15) is 0 Å². The van der Waals surface area contributed by atoms with E-state index in [0.717, 1.165) is 6.42 Å². The summed E-state index contributed by atoms with van der Waals surface area (Å²) in [4.78, 5) is 0. The van der Waals surface area contributed by atoms with E-state index in [2.05, 4.69) is 105 Å². The number of hydrogen-bond acceptors (Lipinski definition) is 0. The van der Waals surface area contributed by atoms with Crippen LogP contribution in [0.5, 0.6) is 0 Å². The Bertz CT molecular complexity index is 1000. The second kappa shape index (κ2) is 4.43. The maximum atomic E-state index is 2.64. The summed E-state index contributed by atoms with van der Waals surface area (Å²) in [5, 5.41) is 13.2. The predicted octanol–water partition coefficient (Wildman–Crippen LogP) is 8.13. The van der Waals surface area contributed by atoms with E-state index in [-0.39, 0.29) is 0 Å². The molecule has 1 unspecified atom stereocenters. The molecule has 2 aromatic carbocycles. The van der Waals surface area contributed by atoms with Crippen molar-refractivity contribution in [3.8, 4) is 0 Å². The Morgan fingerprint density at radius 2 is 1.46 bits per heavy atom. The van der Waals surface area contributed by atoms with Gasteiger partial charge in [0.05, 0.1) is 0 Å². The van der Waals surface area contributed by atoms with E-state index in [4.69, 9.17) is 0 Å². The predicted molar refractivity (Wildman–Crippen MR) is 115 cm³/mol. The van der Waals surface area contributed by atoms with Gasteiger partial charge >= 0.3 is 155 Å². The van der Waals surface area contributed by atoms with Gasteiger partial charge in [-0.2, -0.15) is 0 Å². The molecule has 0 spiro atoms. The summed E-state index contributed by atoms with van der Waals surface area (Å²) in [6.07, 6.45) is 10.5. The van der Waals surface area contributed by atoms with Gasteiger partial charge in [0.2, 0.25) is 0 Å². The first-order valence-electron chi connectivity index (χ1n) is 9.90. The fourth-order valence-electron chi connectivity index (χ4n) is 5.58. The zero-order valence-electron chi connectivity index (χ0n) is 16.8. The number of fused-ring (bicyclic) bond motifs is 1. The molecule has 1 atom stereocenters. The molecule has 2 aromatic rings. The van der Waals surface area contributed by atoms with Crippen molar-refractivity contribution in [3.05, 3.63) is 93.4 Å². The van der Waals surface area contributed by atoms with E-state index in [1.54, 1.807) is 3.88 Å². The van der Waals surface area contributed by atoms with E-state index in [1.807, 2.05) is 0 Å². The van der Waals surface area contributed by atoms with Gasteiger partial charge in [-0.15, -0.1) is 0 Å². The van der Waals surface area contributed by atoms with Crippen molar-refractivity contribution in [2.24, 2.45) is 0 Å². The SMILES string of the molecule is [CH3][Ti]([CH3])([CH3])([CH3])([CH3])([C]1=CC=CC1)[CH]1C(c2ccccc2)=Cc2ccccc21. The second-order valence-corrected chi connectivity index (χ2v) is 39.6. The van der Waals surface area contributed by atoms with Gasteiger partial charge in [-0.05, 0) is 0 Å². The van der Waals surface area contributed by atoms with Crippen molar-refractivity contribution < 1.29 is 12.7 Å². The van der Waals surface area contributed by atoms with E-state index >= 15 is 0 Å². The van der Waals surface area contributed by atoms with Crippen LogP contribution in [0.3, 0.4) is 0 Å². The number of rotatable bonds is 3. The Balaban J connectivity index is 2.06. The Labute approximate surface area is 154 Å². The molecule has 4 rings (SSSR count). The minimum absolute atomic E-state index is 0.428. The van der Waals surface area contributed by atoms with Crippen molar-refractivity contribution in [1.82, 2.24) is 0 Å². The van der Waals surface area contributed by atoms with Crippen molar-refractivity contribution in [1.29, 1.82) is 0 Å². The van der Waals surface area contributed by atoms with Crippen LogP contribution in [0.2, 0.25) is 26.1 Å². The molecule has 135 valence electrons. The van der Waals surface area contributed by atoms with Crippen LogP contribution in [0.25, 0.3) is 11.6 Å². The average molecular weight is 379 g/mol. The topological polar surface area (TPSA) is 0 Å². The average Bonchev–Trinajstić information content (AvgIpc) is 3.23. The molecule has 26 heavy (non-hydrogen) atoms. The van der Waals surface area contributed by atoms with Gasteiger partial charge in [0, 0.05) is 0 Å². The monoisotopic (exact) mass is 379 g/mol. The van der Waals surface area contributed by atoms with Gasteiger partial charge in [-0.25, -0.2) is 0 Å². The quantitative estimate of drug-likeness (QED) is 0.472. The van der Waals surface area contributed by atoms with Gasteiger partial charge < -0.3 is 0 Å². The molecule has 0 aliphatic heterocycles. The summed E-state index contributed by atoms with van der Waals surface area (Å²) in [5.74, 6) is 0. The zero-order valence-corrected chi connectivity index (χ0v) is 18.4. The Morgan fingerprint density at radius 3 is 2.12 bits per heavy atom. The molecule has 0 amide bonds. The van der Waals surface area contributed by atoms with E-state index in [0.29, 0.717) is 4.22 Å². The van der Waals surface area contributed by atoms with Gasteiger partial charge in [-0.1, -0.05) is 0 Å². The maximum absolute atomic E-state index is 4.15. The number of allylic oxidation sites excluding steroid dienone is 5. The van der Waals surface area contributed by atoms with E-state index in [1.165, 1.54) is 22.3 Å². The van der Waals surface area contributed by atoms with Crippen LogP contribution in [-0.2, 0) is 12.7 Å². The molecule has 0 N–H and O–H groups in total. The second-order valence-electron chi connectivity index (χ2n) is 13.2. The van der Waals surface area contributed by atoms with Crippen LogP contribution in [0.15, 0.2) is 76.7 Å². The molecule has 0 aromatic heterocycles. The van der Waals surface area contributed by atoms with Crippen LogP contribution < -0.4 is 0 Å². The first-order valence-corrected chi connectivity index (χ1v) is 19.4. The van der Waals surface area contributed by atoms with Crippen molar-refractivity contribution in [2.45, 2.75) is 36.8 Å². The Hall–Kier alpha value is -1.63. The summed E-state index contributed by atoms with van der Waals surface area (Å²) >= 11 is -4.15. The third-order valence-corrected chi connectivity index (χ3v) is 19.3. The Morgan fingerprint density at radius 1 is 0.808 bits per heavy atom. The van der Waals surface area contributed by atoms with Gasteiger partial charge in [0.1, 0.15) is 0 Å². The van der Waals surface area contributed by atoms with Crippen molar-refractivity contribution in [2.75, 3.05) is 0 Å². The molecule has 1 heteroatoms. The van der Waals surface area contributed by atoms with Crippen molar-refractivity contribution >= 4 is 11.6 Å². The normalized spacial score (nSPS) is 23.3. The van der Waals surface area contributed by atoms with Crippen LogP contribution in [-0.4, -0.2) is 0 Å². The van der Waals surface area contributed by atoms with Gasteiger partial charge in [0.25, 0.3) is 0 Å². The van der Waals surface area contributed by atoms with Crippen LogP contribution in [0.1, 0.15) is 27.3 Å². The summed E-state index contributed by atoms with van der Waals surface area (Å²) < 4.78 is 2.09. The van der Waals surface area contributed by atoms with E-state index < -0.39 is 12.7 Å². The zero-order chi connectivity index (χ0) is 18.7. The van der Waals surface area contributed by atoms with Crippen LogP contribution >= 0.6 is 0 Å². The third-order valence-electron chi connectivity index (χ3n) is 7.19. The Kier molecular flexibility index (Phi) is 3.03. The summed E-state index contributed by atoms with van der Waals surface area (Å²) in [6.45, 7) is 0. The standard InChI is InChI=1S/C15H11.C5H5.5CH3.Ti/c1-2-6-12(7-3-1)15-10-13-8-4-5-9-14(13)11-15;1-2-4-5-3-1;;;;;;/h1-11H;1-3H,4H2;5*1H3;. The number of hydrogen-bond donors (Lipinski definition) is 0. The molecule has 0 nitrogen and oxygen atoms in total. The fourth-order valence-corrected chi connectivity index (χ4v) is 15.9. The molecule has 0 fully saturated rings. The van der Waals surface area contributed by atoms with Crippen LogP contribution in [0, 0.1) is 0 Å². The molecule has 0 heterocycles. The molecule has 0 bridgehead atoms. The molecule has 2 aliphatic rings. The van der Waals surface area contributed by atoms with Gasteiger partial charge in [-0.3, -0.25) is 0 Å². The molecule has 0 saturated heterocycles. The minimum atomic E-state index is -4.15. The summed E-state index contributed by atoms with van der Waals surface area (Å²) in [5.41, 5.74) is 5.75. The summed E-state index contributed by atoms with van der Waals surface area (Å²) in [7, 11) is 0. The van der Waals surface area contributed by atoms with Crippen LogP contribution in [0.4, 0.5) is 0 Å². The molecular formula is C25H31Ti. The van der Waals surface area contributed by atoms with Crippen molar-refractivity contribution in [3.63, 3.8) is 0 Å². The fraction of sp³-hybridized carbons (Fsp3) is 0.280. The first kappa shape index (κ1) is 17.8.